The number of benzene rings is 2. The van der Waals surface area contributed by atoms with Crippen molar-refractivity contribution in [3.05, 3.63) is 68.0 Å². The molecule has 1 amide bonds. The van der Waals surface area contributed by atoms with Gasteiger partial charge in [0.15, 0.2) is 3.95 Å². The van der Waals surface area contributed by atoms with E-state index in [1.54, 1.807) is 4.57 Å². The third-order valence-electron chi connectivity index (χ3n) is 4.30. The number of rotatable bonds is 4. The number of carbonyl (C=O) groups is 1. The van der Waals surface area contributed by atoms with E-state index in [1.807, 2.05) is 56.3 Å². The smallest absolute Gasteiger partial charge is 0.269 e. The average Bonchev–Trinajstić information content (AvgIpc) is 2.93. The summed E-state index contributed by atoms with van der Waals surface area (Å²) in [6.07, 6.45) is 0.967. The van der Waals surface area contributed by atoms with Crippen LogP contribution in [-0.2, 0) is 6.42 Å². The minimum atomic E-state index is -0.240. The van der Waals surface area contributed by atoms with Gasteiger partial charge in [0.1, 0.15) is 10.7 Å². The molecule has 26 heavy (non-hydrogen) atoms. The molecule has 0 aliphatic heterocycles. The number of carbonyl (C=O) groups excluding carboxylic acids is 1. The van der Waals surface area contributed by atoms with Gasteiger partial charge in [0.25, 0.3) is 5.91 Å². The van der Waals surface area contributed by atoms with Crippen LogP contribution in [0.3, 0.4) is 0 Å². The van der Waals surface area contributed by atoms with Crippen molar-refractivity contribution in [2.75, 3.05) is 11.1 Å². The Labute approximate surface area is 162 Å². The van der Waals surface area contributed by atoms with Crippen LogP contribution in [0.2, 0.25) is 0 Å². The molecular formula is C20H21N3OS2. The number of nitrogen functional groups attached to an aromatic ring is 1. The van der Waals surface area contributed by atoms with Gasteiger partial charge in [0.2, 0.25) is 0 Å². The lowest BCUT2D eigenvalue weighted by Gasteiger charge is -2.10. The van der Waals surface area contributed by atoms with Crippen LogP contribution < -0.4 is 11.1 Å². The summed E-state index contributed by atoms with van der Waals surface area (Å²) >= 11 is 6.68. The first-order chi connectivity index (χ1) is 12.4. The van der Waals surface area contributed by atoms with Gasteiger partial charge >= 0.3 is 0 Å². The zero-order chi connectivity index (χ0) is 18.8. The van der Waals surface area contributed by atoms with Gasteiger partial charge in [-0.1, -0.05) is 42.5 Å². The second-order valence-electron chi connectivity index (χ2n) is 6.21. The average molecular weight is 384 g/mol. The van der Waals surface area contributed by atoms with Gasteiger partial charge in [0.05, 0.1) is 0 Å². The molecule has 4 nitrogen and oxygen atoms in total. The van der Waals surface area contributed by atoms with Crippen molar-refractivity contribution < 1.29 is 4.79 Å². The molecule has 0 saturated heterocycles. The Bertz CT molecular complexity index is 1020. The highest BCUT2D eigenvalue weighted by atomic mass is 32.1. The summed E-state index contributed by atoms with van der Waals surface area (Å²) in [5.41, 5.74) is 11.2. The maximum Gasteiger partial charge on any atom is 0.269 e. The fraction of sp³-hybridized carbons (Fsp3) is 0.200. The van der Waals surface area contributed by atoms with Crippen LogP contribution in [0.25, 0.3) is 5.69 Å². The van der Waals surface area contributed by atoms with Crippen molar-refractivity contribution in [1.29, 1.82) is 0 Å². The van der Waals surface area contributed by atoms with E-state index in [9.17, 15) is 4.79 Å². The van der Waals surface area contributed by atoms with Crippen LogP contribution in [0.1, 0.15) is 33.3 Å². The highest BCUT2D eigenvalue weighted by Crippen LogP contribution is 2.28. The Kier molecular flexibility index (Phi) is 5.25. The van der Waals surface area contributed by atoms with Gasteiger partial charge in [-0.25, -0.2) is 0 Å². The van der Waals surface area contributed by atoms with Crippen molar-refractivity contribution in [3.63, 3.8) is 0 Å². The Morgan fingerprint density at radius 2 is 1.88 bits per heavy atom. The summed E-state index contributed by atoms with van der Waals surface area (Å²) in [6.45, 7) is 6.06. The molecule has 0 unspecified atom stereocenters. The number of hydrogen-bond donors (Lipinski definition) is 2. The minimum absolute atomic E-state index is 0.240. The van der Waals surface area contributed by atoms with E-state index in [4.69, 9.17) is 18.0 Å². The number of thiazole rings is 1. The topological polar surface area (TPSA) is 60.0 Å². The summed E-state index contributed by atoms with van der Waals surface area (Å²) in [4.78, 5) is 13.2. The van der Waals surface area contributed by atoms with Crippen LogP contribution in [-0.4, -0.2) is 10.5 Å². The monoisotopic (exact) mass is 383 g/mol. The number of aromatic nitrogens is 1. The van der Waals surface area contributed by atoms with Crippen LogP contribution in [0.4, 0.5) is 11.5 Å². The molecule has 3 N–H and O–H groups in total. The van der Waals surface area contributed by atoms with Crippen molar-refractivity contribution in [1.82, 2.24) is 4.57 Å². The van der Waals surface area contributed by atoms with Crippen LogP contribution in [0.5, 0.6) is 0 Å². The molecule has 2 aromatic carbocycles. The number of amides is 1. The fourth-order valence-electron chi connectivity index (χ4n) is 2.72. The van der Waals surface area contributed by atoms with E-state index < -0.39 is 0 Å². The van der Waals surface area contributed by atoms with E-state index in [-0.39, 0.29) is 5.91 Å². The Morgan fingerprint density at radius 1 is 1.19 bits per heavy atom. The van der Waals surface area contributed by atoms with Gasteiger partial charge in [-0.3, -0.25) is 9.36 Å². The first kappa shape index (κ1) is 18.4. The first-order valence-corrected chi connectivity index (χ1v) is 9.62. The molecule has 0 bridgehead atoms. The van der Waals surface area contributed by atoms with E-state index in [2.05, 4.69) is 12.2 Å². The molecule has 1 aromatic heterocycles. The quantitative estimate of drug-likeness (QED) is 0.602. The summed E-state index contributed by atoms with van der Waals surface area (Å²) in [5.74, 6) is 0.128. The second kappa shape index (κ2) is 7.43. The second-order valence-corrected chi connectivity index (χ2v) is 7.85. The van der Waals surface area contributed by atoms with Crippen LogP contribution >= 0.6 is 23.6 Å². The molecule has 6 heteroatoms. The normalized spacial score (nSPS) is 10.7. The number of aryl methyl sites for hydroxylation is 3. The predicted molar refractivity (Wildman–Crippen MR) is 112 cm³/mol. The minimum Gasteiger partial charge on any atom is -0.383 e. The number of nitrogens with two attached hydrogens (primary N) is 1. The molecule has 0 atom stereocenters. The third kappa shape index (κ3) is 3.57. The highest BCUT2D eigenvalue weighted by Gasteiger charge is 2.19. The zero-order valence-electron chi connectivity index (χ0n) is 15.0. The van der Waals surface area contributed by atoms with E-state index >= 15 is 0 Å². The Balaban J connectivity index is 1.95. The molecule has 0 radical (unpaired) electrons. The molecule has 3 aromatic rings. The number of anilines is 2. The lowest BCUT2D eigenvalue weighted by Crippen LogP contribution is -2.14. The maximum atomic E-state index is 12.8. The standard InChI is InChI=1S/C20H21N3OS2/c1-4-14-7-9-15(10-8-14)23-18(21)17(26-20(23)25)19(24)22-16-11-12(2)5-6-13(16)3/h5-11H,4,21H2,1-3H3,(H,22,24). The van der Waals surface area contributed by atoms with Crippen LogP contribution in [0.15, 0.2) is 42.5 Å². The lowest BCUT2D eigenvalue weighted by molar-refractivity contribution is 0.103. The Hall–Kier alpha value is -2.44. The fourth-order valence-corrected chi connectivity index (χ4v) is 3.99. The van der Waals surface area contributed by atoms with Gasteiger partial charge in [-0.2, -0.15) is 0 Å². The summed E-state index contributed by atoms with van der Waals surface area (Å²) in [6, 6.07) is 14.0. The molecule has 0 spiro atoms. The zero-order valence-corrected chi connectivity index (χ0v) is 16.6. The lowest BCUT2D eigenvalue weighted by atomic mass is 10.1. The Morgan fingerprint density at radius 3 is 2.54 bits per heavy atom. The molecule has 0 aliphatic carbocycles. The van der Waals surface area contributed by atoms with Gasteiger partial charge in [-0.05, 0) is 67.4 Å². The number of hydrogen-bond acceptors (Lipinski definition) is 4. The molecule has 0 saturated carbocycles. The van der Waals surface area contributed by atoms with Gasteiger partial charge in [0, 0.05) is 11.4 Å². The summed E-state index contributed by atoms with van der Waals surface area (Å²) < 4.78 is 2.30. The SMILES string of the molecule is CCc1ccc(-n2c(N)c(C(=O)Nc3cc(C)ccc3C)sc2=S)cc1. The van der Waals surface area contributed by atoms with Crippen molar-refractivity contribution in [2.45, 2.75) is 27.2 Å². The van der Waals surface area contributed by atoms with E-state index in [0.717, 1.165) is 28.9 Å². The summed E-state index contributed by atoms with van der Waals surface area (Å²) in [7, 11) is 0. The largest absolute Gasteiger partial charge is 0.383 e. The first-order valence-electron chi connectivity index (χ1n) is 8.40. The molecular weight excluding hydrogens is 362 g/mol. The number of nitrogens with zero attached hydrogens (tertiary/aromatic N) is 1. The molecule has 0 aliphatic rings. The van der Waals surface area contributed by atoms with Gasteiger partial charge in [-0.15, -0.1) is 0 Å². The molecule has 134 valence electrons. The summed E-state index contributed by atoms with van der Waals surface area (Å²) in [5, 5.41) is 2.95. The van der Waals surface area contributed by atoms with E-state index in [1.165, 1.54) is 16.9 Å². The van der Waals surface area contributed by atoms with Gasteiger partial charge < -0.3 is 11.1 Å². The maximum absolute atomic E-state index is 12.8. The third-order valence-corrected chi connectivity index (χ3v) is 5.68. The molecule has 0 fully saturated rings. The van der Waals surface area contributed by atoms with Crippen molar-refractivity contribution in [2.24, 2.45) is 0 Å². The molecule has 1 heterocycles. The van der Waals surface area contributed by atoms with E-state index in [0.29, 0.717) is 14.6 Å². The number of nitrogens with one attached hydrogen (secondary N) is 1. The van der Waals surface area contributed by atoms with Crippen LogP contribution in [0, 0.1) is 17.8 Å². The molecule has 3 rings (SSSR count). The van der Waals surface area contributed by atoms with Crippen molar-refractivity contribution in [3.8, 4) is 5.69 Å². The highest BCUT2D eigenvalue weighted by molar-refractivity contribution is 7.73. The van der Waals surface area contributed by atoms with Crippen molar-refractivity contribution >= 4 is 41.0 Å². The predicted octanol–water partition coefficient (Wildman–Crippen LogP) is 5.28.